The van der Waals surface area contributed by atoms with Crippen molar-refractivity contribution in [1.29, 1.82) is 0 Å². The van der Waals surface area contributed by atoms with E-state index >= 15 is 0 Å². The van der Waals surface area contributed by atoms with Crippen molar-refractivity contribution in [1.82, 2.24) is 5.43 Å². The molecule has 31 heavy (non-hydrogen) atoms. The molecule has 1 heterocycles. The second-order valence-electron chi connectivity index (χ2n) is 6.27. The Morgan fingerprint density at radius 3 is 2.42 bits per heavy atom. The number of rotatable bonds is 5. The van der Waals surface area contributed by atoms with E-state index in [0.717, 1.165) is 10.1 Å². The molecule has 6 nitrogen and oxygen atoms in total. The Kier molecular flexibility index (Phi) is 6.51. The van der Waals surface area contributed by atoms with Crippen LogP contribution in [0.25, 0.3) is 10.1 Å². The average molecular weight is 470 g/mol. The van der Waals surface area contributed by atoms with Crippen molar-refractivity contribution in [3.8, 4) is 5.75 Å². The highest BCUT2D eigenvalue weighted by molar-refractivity contribution is 7.21. The van der Waals surface area contributed by atoms with E-state index < -0.39 is 18.0 Å². The third kappa shape index (κ3) is 5.15. The first kappa shape index (κ1) is 22.6. The number of nitrogens with zero attached hydrogens (tertiary/aromatic N) is 1. The molecule has 0 aliphatic rings. The van der Waals surface area contributed by atoms with Crippen LogP contribution in [0.4, 0.5) is 18.9 Å². The van der Waals surface area contributed by atoms with Gasteiger partial charge in [-0.25, -0.2) is 5.43 Å². The van der Waals surface area contributed by atoms with Crippen molar-refractivity contribution in [3.05, 3.63) is 57.9 Å². The predicted octanol–water partition coefficient (Wildman–Crippen LogP) is 5.22. The zero-order chi connectivity index (χ0) is 22.8. The minimum atomic E-state index is -4.97. The van der Waals surface area contributed by atoms with Crippen molar-refractivity contribution in [2.75, 3.05) is 12.4 Å². The molecule has 1 aromatic heterocycles. The summed E-state index contributed by atoms with van der Waals surface area (Å²) in [6.07, 6.45) is -4.97. The molecule has 11 heteroatoms. The van der Waals surface area contributed by atoms with Crippen LogP contribution < -0.4 is 15.5 Å². The first-order valence-electron chi connectivity index (χ1n) is 8.69. The second kappa shape index (κ2) is 8.94. The lowest BCUT2D eigenvalue weighted by Gasteiger charge is -2.08. The van der Waals surface area contributed by atoms with Crippen molar-refractivity contribution in [2.45, 2.75) is 13.1 Å². The number of benzene rings is 2. The van der Waals surface area contributed by atoms with Crippen LogP contribution in [0.1, 0.15) is 22.2 Å². The van der Waals surface area contributed by atoms with Gasteiger partial charge in [-0.15, -0.1) is 11.3 Å². The van der Waals surface area contributed by atoms with E-state index in [2.05, 4.69) is 10.5 Å². The van der Waals surface area contributed by atoms with E-state index in [1.54, 1.807) is 30.4 Å². The standard InChI is InChI=1S/C20H15ClF3N3O3S/c1-10(11-3-5-12(6-4-11)25-19(29)20(22,23)24)26-27-18(28)17-16(21)14-8-7-13(30-2)9-15(14)31-17/h3-9H,1-2H3,(H,25,29)(H,27,28)/b26-10+. The van der Waals surface area contributed by atoms with Gasteiger partial charge in [0.05, 0.1) is 17.8 Å². The minimum absolute atomic E-state index is 0.0182. The number of anilines is 1. The zero-order valence-electron chi connectivity index (χ0n) is 16.1. The number of ether oxygens (including phenoxy) is 1. The summed E-state index contributed by atoms with van der Waals surface area (Å²) in [6.45, 7) is 1.61. The van der Waals surface area contributed by atoms with E-state index in [1.165, 1.54) is 42.7 Å². The second-order valence-corrected chi connectivity index (χ2v) is 7.70. The number of hydrogen-bond donors (Lipinski definition) is 2. The van der Waals surface area contributed by atoms with E-state index in [4.69, 9.17) is 16.3 Å². The van der Waals surface area contributed by atoms with Gasteiger partial charge in [0.25, 0.3) is 5.91 Å². The van der Waals surface area contributed by atoms with Gasteiger partial charge in [0, 0.05) is 15.8 Å². The number of hydrogen-bond acceptors (Lipinski definition) is 5. The van der Waals surface area contributed by atoms with Gasteiger partial charge >= 0.3 is 12.1 Å². The Bertz CT molecular complexity index is 1170. The lowest BCUT2D eigenvalue weighted by Crippen LogP contribution is -2.29. The number of alkyl halides is 3. The van der Waals surface area contributed by atoms with Crippen molar-refractivity contribution in [3.63, 3.8) is 0 Å². The smallest absolute Gasteiger partial charge is 0.471 e. The molecule has 0 aliphatic carbocycles. The largest absolute Gasteiger partial charge is 0.497 e. The summed E-state index contributed by atoms with van der Waals surface area (Å²) in [7, 11) is 1.54. The summed E-state index contributed by atoms with van der Waals surface area (Å²) < 4.78 is 42.9. The van der Waals surface area contributed by atoms with Gasteiger partial charge in [-0.1, -0.05) is 23.7 Å². The number of methoxy groups -OCH3 is 1. The summed E-state index contributed by atoms with van der Waals surface area (Å²) in [4.78, 5) is 23.8. The van der Waals surface area contributed by atoms with E-state index in [1.807, 2.05) is 0 Å². The highest BCUT2D eigenvalue weighted by Gasteiger charge is 2.38. The summed E-state index contributed by atoms with van der Waals surface area (Å²) in [5.41, 5.74) is 3.34. The van der Waals surface area contributed by atoms with Crippen LogP contribution >= 0.6 is 22.9 Å². The molecule has 3 aromatic rings. The molecule has 0 radical (unpaired) electrons. The van der Waals surface area contributed by atoms with Crippen LogP contribution in [0.2, 0.25) is 5.02 Å². The number of carbonyl (C=O) groups excluding carboxylic acids is 2. The molecule has 162 valence electrons. The quantitative estimate of drug-likeness (QED) is 0.397. The molecule has 2 N–H and O–H groups in total. The molecule has 2 aromatic carbocycles. The topological polar surface area (TPSA) is 79.8 Å². The van der Waals surface area contributed by atoms with Gasteiger partial charge in [0.15, 0.2) is 0 Å². The van der Waals surface area contributed by atoms with Crippen LogP contribution in [0.15, 0.2) is 47.6 Å². The zero-order valence-corrected chi connectivity index (χ0v) is 17.7. The average Bonchev–Trinajstić information content (AvgIpc) is 3.07. The summed E-state index contributed by atoms with van der Waals surface area (Å²) in [5, 5.41) is 6.79. The predicted molar refractivity (Wildman–Crippen MR) is 114 cm³/mol. The number of thiophene rings is 1. The number of nitrogens with one attached hydrogen (secondary N) is 2. The van der Waals surface area contributed by atoms with E-state index in [9.17, 15) is 22.8 Å². The maximum Gasteiger partial charge on any atom is 0.471 e. The number of carbonyl (C=O) groups is 2. The minimum Gasteiger partial charge on any atom is -0.497 e. The van der Waals surface area contributed by atoms with Gasteiger partial charge < -0.3 is 10.1 Å². The Morgan fingerprint density at radius 1 is 1.13 bits per heavy atom. The number of fused-ring (bicyclic) bond motifs is 1. The molecule has 0 saturated carbocycles. The Labute approximate surface area is 183 Å². The molecular weight excluding hydrogens is 455 g/mol. The molecule has 0 unspecified atom stereocenters. The Hall–Kier alpha value is -3.11. The number of hydrazone groups is 1. The monoisotopic (exact) mass is 469 g/mol. The lowest BCUT2D eigenvalue weighted by molar-refractivity contribution is -0.167. The fourth-order valence-electron chi connectivity index (χ4n) is 2.57. The van der Waals surface area contributed by atoms with Gasteiger partial charge in [0.1, 0.15) is 10.6 Å². The van der Waals surface area contributed by atoms with Crippen LogP contribution in [-0.2, 0) is 4.79 Å². The van der Waals surface area contributed by atoms with Gasteiger partial charge in [-0.2, -0.15) is 18.3 Å². The van der Waals surface area contributed by atoms with Crippen LogP contribution in [0.3, 0.4) is 0 Å². The fourth-order valence-corrected chi connectivity index (χ4v) is 4.00. The maximum atomic E-state index is 12.5. The van der Waals surface area contributed by atoms with Crippen molar-refractivity contribution in [2.24, 2.45) is 5.10 Å². The number of halogens is 4. The SMILES string of the molecule is COc1ccc2c(Cl)c(C(=O)N/N=C(\C)c3ccc(NC(=O)C(F)(F)F)cc3)sc2c1. The van der Waals surface area contributed by atoms with Crippen molar-refractivity contribution >= 4 is 56.2 Å². The van der Waals surface area contributed by atoms with Crippen LogP contribution in [-0.4, -0.2) is 30.8 Å². The Balaban J connectivity index is 1.71. The van der Waals surface area contributed by atoms with E-state index in [-0.39, 0.29) is 10.6 Å². The third-order valence-corrected chi connectivity index (χ3v) is 5.84. The molecular formula is C20H15ClF3N3O3S. The fraction of sp³-hybridized carbons (Fsp3) is 0.150. The van der Waals surface area contributed by atoms with Crippen LogP contribution in [0, 0.1) is 0 Å². The lowest BCUT2D eigenvalue weighted by atomic mass is 10.1. The molecule has 0 fully saturated rings. The first-order valence-corrected chi connectivity index (χ1v) is 9.89. The number of amides is 2. The molecule has 0 atom stereocenters. The molecule has 3 rings (SSSR count). The molecule has 0 bridgehead atoms. The molecule has 0 saturated heterocycles. The summed E-state index contributed by atoms with van der Waals surface area (Å²) in [5.74, 6) is -1.92. The van der Waals surface area contributed by atoms with Gasteiger partial charge in [-0.05, 0) is 42.8 Å². The first-order chi connectivity index (χ1) is 14.6. The summed E-state index contributed by atoms with van der Waals surface area (Å²) >= 11 is 7.51. The highest BCUT2D eigenvalue weighted by Crippen LogP contribution is 2.37. The highest BCUT2D eigenvalue weighted by atomic mass is 35.5. The third-order valence-electron chi connectivity index (χ3n) is 4.19. The molecule has 0 aliphatic heterocycles. The summed E-state index contributed by atoms with van der Waals surface area (Å²) in [6, 6.07) is 10.8. The van der Waals surface area contributed by atoms with Crippen molar-refractivity contribution < 1.29 is 27.5 Å². The molecule has 0 spiro atoms. The van der Waals surface area contributed by atoms with Gasteiger partial charge in [0.2, 0.25) is 0 Å². The van der Waals surface area contributed by atoms with Gasteiger partial charge in [-0.3, -0.25) is 9.59 Å². The Morgan fingerprint density at radius 2 is 1.81 bits per heavy atom. The van der Waals surface area contributed by atoms with Crippen LogP contribution in [0.5, 0.6) is 5.75 Å². The molecule has 2 amide bonds. The maximum absolute atomic E-state index is 12.5. The van der Waals surface area contributed by atoms with E-state index in [0.29, 0.717) is 22.0 Å². The normalized spacial score (nSPS) is 12.0.